The summed E-state index contributed by atoms with van der Waals surface area (Å²) in [6.07, 6.45) is -1.70. The third-order valence-corrected chi connectivity index (χ3v) is 7.24. The highest BCUT2D eigenvalue weighted by molar-refractivity contribution is 8.06. The van der Waals surface area contributed by atoms with Crippen LogP contribution in [0.15, 0.2) is 22.3 Å². The number of ether oxygens (including phenoxy) is 1. The van der Waals surface area contributed by atoms with Crippen molar-refractivity contribution in [1.29, 1.82) is 5.26 Å². The molecular formula is C19H21F3N6O4S2. The number of nitrogens with one attached hydrogen (secondary N) is 2. The molecule has 184 valence electrons. The van der Waals surface area contributed by atoms with Gasteiger partial charge in [-0.15, -0.1) is 0 Å². The first kappa shape index (κ1) is 25.8. The van der Waals surface area contributed by atoms with Crippen molar-refractivity contribution in [1.82, 2.24) is 19.6 Å². The second kappa shape index (κ2) is 10.2. The van der Waals surface area contributed by atoms with E-state index in [-0.39, 0.29) is 36.3 Å². The number of thioether (sulfide) groups is 1. The average Bonchev–Trinajstić information content (AvgIpc) is 3.24. The molecule has 15 heteroatoms. The molecule has 1 aromatic heterocycles. The van der Waals surface area contributed by atoms with Crippen molar-refractivity contribution in [2.24, 2.45) is 0 Å². The van der Waals surface area contributed by atoms with Gasteiger partial charge in [0.25, 0.3) is 0 Å². The number of carbonyl (C=O) groups excluding carboxylic acids is 1. The second-order valence-electron chi connectivity index (χ2n) is 7.43. The van der Waals surface area contributed by atoms with E-state index in [0.29, 0.717) is 24.3 Å². The summed E-state index contributed by atoms with van der Waals surface area (Å²) < 4.78 is 67.5. The number of hydrogen-bond donors (Lipinski definition) is 2. The molecule has 0 spiro atoms. The fraction of sp³-hybridized carbons (Fsp3) is 0.474. The zero-order valence-corrected chi connectivity index (χ0v) is 19.8. The normalized spacial score (nSPS) is 19.1. The van der Waals surface area contributed by atoms with E-state index in [1.165, 1.54) is 4.31 Å². The number of nitriles is 1. The lowest BCUT2D eigenvalue weighted by atomic mass is 10.1. The van der Waals surface area contributed by atoms with Crippen molar-refractivity contribution < 1.29 is 31.1 Å². The van der Waals surface area contributed by atoms with Crippen LogP contribution in [0, 0.1) is 11.3 Å². The van der Waals surface area contributed by atoms with E-state index >= 15 is 0 Å². The van der Waals surface area contributed by atoms with E-state index in [9.17, 15) is 31.6 Å². The average molecular weight is 519 g/mol. The molecule has 1 saturated heterocycles. The minimum Gasteiger partial charge on any atom is -0.416 e. The van der Waals surface area contributed by atoms with Crippen LogP contribution < -0.4 is 15.4 Å². The SMILES string of the molecule is CCC1=CS/C(=C(/C#N)c2nc(NC3CCN(S(C)(=O)=O)CC3)ncc2OC(=O)C(F)(F)F)N1. The van der Waals surface area contributed by atoms with E-state index in [4.69, 9.17) is 0 Å². The lowest BCUT2D eigenvalue weighted by Crippen LogP contribution is -2.42. The lowest BCUT2D eigenvalue weighted by molar-refractivity contribution is -0.189. The van der Waals surface area contributed by atoms with E-state index in [1.807, 2.05) is 13.0 Å². The topological polar surface area (TPSA) is 137 Å². The molecule has 0 amide bonds. The van der Waals surface area contributed by atoms with Crippen LogP contribution in [0.2, 0.25) is 0 Å². The molecule has 3 heterocycles. The van der Waals surface area contributed by atoms with Gasteiger partial charge in [-0.2, -0.15) is 18.4 Å². The summed E-state index contributed by atoms with van der Waals surface area (Å²) in [7, 11) is -3.31. The van der Waals surface area contributed by atoms with Gasteiger partial charge in [-0.25, -0.2) is 27.5 Å². The number of sulfonamides is 1. The number of hydrogen-bond acceptors (Lipinski definition) is 10. The molecule has 0 bridgehead atoms. The van der Waals surface area contributed by atoms with Gasteiger partial charge in [0.15, 0.2) is 5.75 Å². The maximum atomic E-state index is 12.8. The quantitative estimate of drug-likeness (QED) is 0.427. The Morgan fingerprint density at radius 2 is 2.09 bits per heavy atom. The Morgan fingerprint density at radius 3 is 2.62 bits per heavy atom. The Balaban J connectivity index is 1.90. The lowest BCUT2D eigenvalue weighted by Gasteiger charge is -2.30. The Kier molecular flexibility index (Phi) is 7.74. The molecule has 10 nitrogen and oxygen atoms in total. The highest BCUT2D eigenvalue weighted by Crippen LogP contribution is 2.36. The molecule has 0 aromatic carbocycles. The minimum atomic E-state index is -5.25. The zero-order chi connectivity index (χ0) is 25.1. The number of esters is 1. The van der Waals surface area contributed by atoms with Crippen LogP contribution in [0.3, 0.4) is 0 Å². The largest absolute Gasteiger partial charge is 0.491 e. The molecule has 2 N–H and O–H groups in total. The maximum absolute atomic E-state index is 12.8. The Hall–Kier alpha value is -2.83. The first-order valence-electron chi connectivity index (χ1n) is 10.1. The smallest absolute Gasteiger partial charge is 0.416 e. The molecule has 0 saturated carbocycles. The monoisotopic (exact) mass is 518 g/mol. The van der Waals surface area contributed by atoms with Crippen molar-refractivity contribution in [3.63, 3.8) is 0 Å². The molecule has 0 atom stereocenters. The molecule has 3 rings (SSSR count). The summed E-state index contributed by atoms with van der Waals surface area (Å²) in [6.45, 7) is 2.45. The number of allylic oxidation sites excluding steroid dienone is 2. The van der Waals surface area contributed by atoms with Crippen LogP contribution in [-0.4, -0.2) is 60.2 Å². The van der Waals surface area contributed by atoms with Gasteiger partial charge in [-0.05, 0) is 24.7 Å². The van der Waals surface area contributed by atoms with Gasteiger partial charge in [-0.1, -0.05) is 18.7 Å². The van der Waals surface area contributed by atoms with Crippen LogP contribution in [0.4, 0.5) is 19.1 Å². The molecule has 1 aromatic rings. The van der Waals surface area contributed by atoms with Crippen molar-refractivity contribution >= 4 is 39.3 Å². The van der Waals surface area contributed by atoms with Crippen LogP contribution in [0.5, 0.6) is 5.75 Å². The zero-order valence-electron chi connectivity index (χ0n) is 18.1. The Labute approximate surface area is 198 Å². The maximum Gasteiger partial charge on any atom is 0.491 e. The summed E-state index contributed by atoms with van der Waals surface area (Å²) in [5.41, 5.74) is 0.394. The van der Waals surface area contributed by atoms with Crippen LogP contribution in [0.25, 0.3) is 5.57 Å². The van der Waals surface area contributed by atoms with E-state index < -0.39 is 27.9 Å². The number of rotatable bonds is 6. The molecule has 1 fully saturated rings. The Morgan fingerprint density at radius 1 is 1.41 bits per heavy atom. The molecule has 0 radical (unpaired) electrons. The fourth-order valence-electron chi connectivity index (χ4n) is 3.21. The summed E-state index contributed by atoms with van der Waals surface area (Å²) >= 11 is 1.16. The second-order valence-corrected chi connectivity index (χ2v) is 10.3. The number of piperidine rings is 1. The third kappa shape index (κ3) is 6.19. The molecule has 34 heavy (non-hydrogen) atoms. The van der Waals surface area contributed by atoms with Gasteiger partial charge in [-0.3, -0.25) is 0 Å². The number of halogens is 3. The molecule has 2 aliphatic rings. The highest BCUT2D eigenvalue weighted by atomic mass is 32.2. The number of carbonyl (C=O) groups is 1. The van der Waals surface area contributed by atoms with E-state index in [1.54, 1.807) is 5.41 Å². The van der Waals surface area contributed by atoms with Crippen molar-refractivity contribution in [2.45, 2.75) is 38.4 Å². The van der Waals surface area contributed by atoms with Gasteiger partial charge in [0.1, 0.15) is 17.3 Å². The van der Waals surface area contributed by atoms with Gasteiger partial charge >= 0.3 is 12.1 Å². The van der Waals surface area contributed by atoms with Crippen molar-refractivity contribution in [3.8, 4) is 11.8 Å². The van der Waals surface area contributed by atoms with Crippen molar-refractivity contribution in [2.75, 3.05) is 24.7 Å². The van der Waals surface area contributed by atoms with Crippen LogP contribution in [-0.2, 0) is 14.8 Å². The van der Waals surface area contributed by atoms with Gasteiger partial charge in [0.2, 0.25) is 16.0 Å². The predicted molar refractivity (Wildman–Crippen MR) is 118 cm³/mol. The summed E-state index contributed by atoms with van der Waals surface area (Å²) in [5, 5.41) is 17.8. The number of anilines is 1. The van der Waals surface area contributed by atoms with Gasteiger partial charge in [0, 0.05) is 24.8 Å². The molecule has 2 aliphatic heterocycles. The molecular weight excluding hydrogens is 497 g/mol. The fourth-order valence-corrected chi connectivity index (χ4v) is 5.02. The number of aromatic nitrogens is 2. The standard InChI is InChI=1S/C19H21F3N6O4S2/c1-3-11-10-33-16(25-11)13(8-23)15-14(32-17(29)19(20,21)22)9-24-18(27-15)26-12-4-6-28(7-5-12)34(2,30)31/h9-10,12,25H,3-7H2,1-2H3,(H,24,26,27)/b16-13-. The van der Waals surface area contributed by atoms with Crippen LogP contribution in [0.1, 0.15) is 31.9 Å². The predicted octanol–water partition coefficient (Wildman–Crippen LogP) is 2.56. The van der Waals surface area contributed by atoms with Crippen LogP contribution >= 0.6 is 11.8 Å². The number of nitrogens with zero attached hydrogens (tertiary/aromatic N) is 4. The first-order chi connectivity index (χ1) is 15.9. The van der Waals surface area contributed by atoms with E-state index in [0.717, 1.165) is 29.9 Å². The number of alkyl halides is 3. The van der Waals surface area contributed by atoms with E-state index in [2.05, 4.69) is 25.3 Å². The van der Waals surface area contributed by atoms with Crippen molar-refractivity contribution in [3.05, 3.63) is 28.0 Å². The highest BCUT2D eigenvalue weighted by Gasteiger charge is 2.42. The summed E-state index contributed by atoms with van der Waals surface area (Å²) in [6, 6.07) is 1.70. The van der Waals surface area contributed by atoms with Gasteiger partial charge < -0.3 is 15.4 Å². The Bertz CT molecular complexity index is 1170. The van der Waals surface area contributed by atoms with Gasteiger partial charge in [0.05, 0.1) is 17.5 Å². The first-order valence-corrected chi connectivity index (χ1v) is 12.8. The third-order valence-electron chi connectivity index (χ3n) is 5.00. The molecule has 0 aliphatic carbocycles. The summed E-state index contributed by atoms with van der Waals surface area (Å²) in [5.74, 6) is -3.08. The summed E-state index contributed by atoms with van der Waals surface area (Å²) in [4.78, 5) is 19.5. The molecule has 0 unspecified atom stereocenters. The minimum absolute atomic E-state index is 0.000339.